The minimum atomic E-state index is -1.09. The number of hydrogen-bond donors (Lipinski definition) is 3. The summed E-state index contributed by atoms with van der Waals surface area (Å²) >= 11 is 0. The van der Waals surface area contributed by atoms with Crippen LogP contribution in [0.5, 0.6) is 0 Å². The summed E-state index contributed by atoms with van der Waals surface area (Å²) in [5.74, 6) is -1.55. The number of aromatic amines is 1. The molecule has 0 aromatic carbocycles. The maximum atomic E-state index is 12.1. The molecule has 1 amide bonds. The topological polar surface area (TPSA) is 99.3 Å². The van der Waals surface area contributed by atoms with Gasteiger partial charge < -0.3 is 15.4 Å². The first-order chi connectivity index (χ1) is 9.70. The van der Waals surface area contributed by atoms with Crippen LogP contribution in [0.25, 0.3) is 0 Å². The Kier molecular flexibility index (Phi) is 5.69. The predicted molar refractivity (Wildman–Crippen MR) is 79.3 cm³/mol. The maximum Gasteiger partial charge on any atom is 0.326 e. The summed E-state index contributed by atoms with van der Waals surface area (Å²) in [6.07, 6.45) is 0.642. The van der Waals surface area contributed by atoms with Crippen molar-refractivity contribution in [3.05, 3.63) is 33.7 Å². The van der Waals surface area contributed by atoms with Crippen molar-refractivity contribution in [2.45, 2.75) is 40.2 Å². The second-order valence-electron chi connectivity index (χ2n) is 5.89. The van der Waals surface area contributed by atoms with Crippen molar-refractivity contribution in [2.24, 2.45) is 11.8 Å². The molecule has 0 aliphatic rings. The molecule has 0 saturated carbocycles. The van der Waals surface area contributed by atoms with Crippen molar-refractivity contribution < 1.29 is 14.7 Å². The molecule has 1 atom stereocenters. The van der Waals surface area contributed by atoms with E-state index in [0.717, 1.165) is 0 Å². The Labute approximate surface area is 123 Å². The van der Waals surface area contributed by atoms with E-state index in [0.29, 0.717) is 18.0 Å². The zero-order valence-electron chi connectivity index (χ0n) is 12.8. The van der Waals surface area contributed by atoms with E-state index in [9.17, 15) is 14.4 Å². The van der Waals surface area contributed by atoms with E-state index < -0.39 is 17.9 Å². The highest BCUT2D eigenvalue weighted by Crippen LogP contribution is 2.08. The minimum absolute atomic E-state index is 0.182. The highest BCUT2D eigenvalue weighted by molar-refractivity contribution is 5.96. The van der Waals surface area contributed by atoms with E-state index in [-0.39, 0.29) is 17.0 Å². The Bertz CT molecular complexity index is 575. The first-order valence-electron chi connectivity index (χ1n) is 6.97. The van der Waals surface area contributed by atoms with E-state index in [1.165, 1.54) is 6.07 Å². The van der Waals surface area contributed by atoms with E-state index in [4.69, 9.17) is 5.11 Å². The fraction of sp³-hybridized carbons (Fsp3) is 0.533. The fourth-order valence-electron chi connectivity index (χ4n) is 2.02. The number of pyridine rings is 1. The first kappa shape index (κ1) is 16.9. The van der Waals surface area contributed by atoms with Crippen LogP contribution in [0.15, 0.2) is 16.9 Å². The quantitative estimate of drug-likeness (QED) is 0.738. The number of carboxylic acids is 1. The molecule has 0 aliphatic carbocycles. The number of carboxylic acid groups (broad SMARTS) is 1. The van der Waals surface area contributed by atoms with Gasteiger partial charge in [-0.25, -0.2) is 4.79 Å². The lowest BCUT2D eigenvalue weighted by atomic mass is 10.0. The molecule has 1 aromatic heterocycles. The van der Waals surface area contributed by atoms with Crippen LogP contribution in [-0.4, -0.2) is 28.0 Å². The van der Waals surface area contributed by atoms with Gasteiger partial charge in [-0.3, -0.25) is 9.59 Å². The maximum absolute atomic E-state index is 12.1. The molecule has 0 aliphatic heterocycles. The van der Waals surface area contributed by atoms with Gasteiger partial charge in [-0.2, -0.15) is 0 Å². The molecule has 0 spiro atoms. The van der Waals surface area contributed by atoms with E-state index >= 15 is 0 Å². The van der Waals surface area contributed by atoms with Gasteiger partial charge in [0, 0.05) is 17.3 Å². The van der Waals surface area contributed by atoms with Crippen molar-refractivity contribution >= 4 is 11.9 Å². The molecule has 1 rings (SSSR count). The van der Waals surface area contributed by atoms with Gasteiger partial charge in [-0.1, -0.05) is 27.7 Å². The molecule has 0 unspecified atom stereocenters. The Morgan fingerprint density at radius 1 is 1.24 bits per heavy atom. The smallest absolute Gasteiger partial charge is 0.326 e. The monoisotopic (exact) mass is 294 g/mol. The molecule has 0 bridgehead atoms. The second-order valence-corrected chi connectivity index (χ2v) is 5.89. The number of carbonyl (C=O) groups excluding carboxylic acids is 1. The van der Waals surface area contributed by atoms with Gasteiger partial charge in [0.2, 0.25) is 5.56 Å². The number of rotatable bonds is 6. The van der Waals surface area contributed by atoms with Crippen LogP contribution in [0.1, 0.15) is 43.7 Å². The van der Waals surface area contributed by atoms with Gasteiger partial charge in [0.05, 0.1) is 0 Å². The number of H-pyrrole nitrogens is 1. The highest BCUT2D eigenvalue weighted by atomic mass is 16.4. The predicted octanol–water partition coefficient (Wildman–Crippen LogP) is 1.41. The minimum Gasteiger partial charge on any atom is -0.480 e. The van der Waals surface area contributed by atoms with Gasteiger partial charge >= 0.3 is 5.97 Å². The summed E-state index contributed by atoms with van der Waals surface area (Å²) < 4.78 is 0. The number of amides is 1. The zero-order valence-corrected chi connectivity index (χ0v) is 12.8. The van der Waals surface area contributed by atoms with Gasteiger partial charge in [-0.05, 0) is 24.3 Å². The fourth-order valence-corrected chi connectivity index (χ4v) is 2.02. The summed E-state index contributed by atoms with van der Waals surface area (Å²) in [5.41, 5.74) is 0.482. The molecule has 0 saturated heterocycles. The second kappa shape index (κ2) is 7.06. The molecule has 21 heavy (non-hydrogen) atoms. The van der Waals surface area contributed by atoms with Crippen molar-refractivity contribution in [3.8, 4) is 0 Å². The molecule has 0 radical (unpaired) electrons. The lowest BCUT2D eigenvalue weighted by Crippen LogP contribution is -2.44. The number of hydrogen-bond acceptors (Lipinski definition) is 3. The van der Waals surface area contributed by atoms with Gasteiger partial charge in [-0.15, -0.1) is 0 Å². The van der Waals surface area contributed by atoms with Crippen molar-refractivity contribution in [3.63, 3.8) is 0 Å². The molecule has 6 nitrogen and oxygen atoms in total. The van der Waals surface area contributed by atoms with E-state index in [1.54, 1.807) is 19.9 Å². The standard InChI is InChI=1S/C15H22N2O4/c1-8(2)5-11-6-10(7-12(18)16-11)14(19)17-13(9(3)4)15(20)21/h6-9,13H,5H2,1-4H3,(H,16,18)(H,17,19)(H,20,21)/t13-/m0/s1. The molecule has 116 valence electrons. The number of aromatic nitrogens is 1. The SMILES string of the molecule is CC(C)Cc1cc(C(=O)N[C@H](C(=O)O)C(C)C)cc(=O)[nH]1. The van der Waals surface area contributed by atoms with Crippen molar-refractivity contribution in [2.75, 3.05) is 0 Å². The van der Waals surface area contributed by atoms with Crippen LogP contribution < -0.4 is 10.9 Å². The Hall–Kier alpha value is -2.11. The molecule has 1 aromatic rings. The summed E-state index contributed by atoms with van der Waals surface area (Å²) in [5, 5.41) is 11.5. The van der Waals surface area contributed by atoms with E-state index in [2.05, 4.69) is 10.3 Å². The summed E-state index contributed by atoms with van der Waals surface area (Å²) in [6, 6.07) is 1.79. The third-order valence-electron chi connectivity index (χ3n) is 3.01. The molecule has 0 fully saturated rings. The third-order valence-corrected chi connectivity index (χ3v) is 3.01. The van der Waals surface area contributed by atoms with Crippen molar-refractivity contribution in [1.82, 2.24) is 10.3 Å². The molecule has 3 N–H and O–H groups in total. The molecule has 6 heteroatoms. The van der Waals surface area contributed by atoms with E-state index in [1.807, 2.05) is 13.8 Å². The normalized spacial score (nSPS) is 12.5. The molecular weight excluding hydrogens is 272 g/mol. The summed E-state index contributed by atoms with van der Waals surface area (Å²) in [7, 11) is 0. The largest absolute Gasteiger partial charge is 0.480 e. The number of nitrogens with one attached hydrogen (secondary N) is 2. The van der Waals surface area contributed by atoms with Crippen molar-refractivity contribution in [1.29, 1.82) is 0 Å². The van der Waals surface area contributed by atoms with Crippen LogP contribution >= 0.6 is 0 Å². The Balaban J connectivity index is 2.99. The number of aliphatic carboxylic acids is 1. The highest BCUT2D eigenvalue weighted by Gasteiger charge is 2.24. The molecular formula is C15H22N2O4. The Morgan fingerprint density at radius 2 is 1.86 bits per heavy atom. The van der Waals surface area contributed by atoms with Gasteiger partial charge in [0.1, 0.15) is 6.04 Å². The van der Waals surface area contributed by atoms with Crippen LogP contribution in [0.3, 0.4) is 0 Å². The summed E-state index contributed by atoms with van der Waals surface area (Å²) in [6.45, 7) is 7.43. The van der Waals surface area contributed by atoms with Gasteiger partial charge in [0.25, 0.3) is 5.91 Å². The first-order valence-corrected chi connectivity index (χ1v) is 6.97. The third kappa shape index (κ3) is 5.06. The zero-order chi connectivity index (χ0) is 16.2. The molecule has 1 heterocycles. The number of carbonyl (C=O) groups is 2. The lowest BCUT2D eigenvalue weighted by molar-refractivity contribution is -0.140. The lowest BCUT2D eigenvalue weighted by Gasteiger charge is -2.18. The average molecular weight is 294 g/mol. The van der Waals surface area contributed by atoms with Crippen LogP contribution in [0, 0.1) is 11.8 Å². The van der Waals surface area contributed by atoms with Crippen LogP contribution in [-0.2, 0) is 11.2 Å². The Morgan fingerprint density at radius 3 is 2.33 bits per heavy atom. The average Bonchev–Trinajstić information content (AvgIpc) is 2.33. The van der Waals surface area contributed by atoms with Crippen LogP contribution in [0.4, 0.5) is 0 Å². The van der Waals surface area contributed by atoms with Gasteiger partial charge in [0.15, 0.2) is 0 Å². The summed E-state index contributed by atoms with van der Waals surface area (Å²) in [4.78, 5) is 37.5. The van der Waals surface area contributed by atoms with Crippen LogP contribution in [0.2, 0.25) is 0 Å².